The topological polar surface area (TPSA) is 42.4 Å². The summed E-state index contributed by atoms with van der Waals surface area (Å²) in [5.41, 5.74) is 4.56. The van der Waals surface area contributed by atoms with Crippen LogP contribution in [0.25, 0.3) is 0 Å². The van der Waals surface area contributed by atoms with Crippen LogP contribution < -0.4 is 4.74 Å². The van der Waals surface area contributed by atoms with Crippen molar-refractivity contribution in [2.24, 2.45) is 0 Å². The maximum Gasteiger partial charge on any atom is 0.266 e. The molecule has 1 aliphatic heterocycles. The Kier molecular flexibility index (Phi) is 4.94. The van der Waals surface area contributed by atoms with E-state index in [0.717, 1.165) is 34.3 Å². The molecule has 0 saturated carbocycles. The van der Waals surface area contributed by atoms with E-state index in [1.807, 2.05) is 49.1 Å². The maximum absolute atomic E-state index is 13.0. The van der Waals surface area contributed by atoms with Gasteiger partial charge in [0, 0.05) is 13.1 Å². The normalized spacial score (nSPS) is 13.3. The lowest BCUT2D eigenvalue weighted by Gasteiger charge is -2.28. The first-order chi connectivity index (χ1) is 13.1. The quantitative estimate of drug-likeness (QED) is 0.669. The van der Waals surface area contributed by atoms with E-state index in [2.05, 4.69) is 23.2 Å². The van der Waals surface area contributed by atoms with Gasteiger partial charge in [-0.3, -0.25) is 4.79 Å². The van der Waals surface area contributed by atoms with Gasteiger partial charge in [0.2, 0.25) is 0 Å². The Labute approximate surface area is 163 Å². The van der Waals surface area contributed by atoms with Crippen molar-refractivity contribution in [1.29, 1.82) is 0 Å². The van der Waals surface area contributed by atoms with Crippen LogP contribution in [0.1, 0.15) is 37.1 Å². The van der Waals surface area contributed by atoms with Crippen molar-refractivity contribution < 1.29 is 9.53 Å². The van der Waals surface area contributed by atoms with Gasteiger partial charge in [0.1, 0.15) is 22.2 Å². The predicted octanol–water partition coefficient (Wildman–Crippen LogP) is 4.54. The zero-order valence-corrected chi connectivity index (χ0v) is 16.4. The van der Waals surface area contributed by atoms with Gasteiger partial charge in [-0.1, -0.05) is 42.0 Å². The van der Waals surface area contributed by atoms with E-state index in [4.69, 9.17) is 4.74 Å². The third kappa shape index (κ3) is 3.88. The molecule has 0 spiro atoms. The van der Waals surface area contributed by atoms with Crippen molar-refractivity contribution >= 4 is 17.2 Å². The van der Waals surface area contributed by atoms with Crippen LogP contribution in [0.5, 0.6) is 5.75 Å². The number of benzene rings is 2. The van der Waals surface area contributed by atoms with E-state index >= 15 is 0 Å². The van der Waals surface area contributed by atoms with Gasteiger partial charge < -0.3 is 9.64 Å². The van der Waals surface area contributed by atoms with Crippen molar-refractivity contribution in [2.45, 2.75) is 33.4 Å². The van der Waals surface area contributed by atoms with Gasteiger partial charge in [0.05, 0.1) is 5.69 Å². The van der Waals surface area contributed by atoms with Gasteiger partial charge in [0.15, 0.2) is 0 Å². The molecule has 2 heterocycles. The Morgan fingerprint density at radius 1 is 1.11 bits per heavy atom. The number of hydrogen-bond donors (Lipinski definition) is 0. The lowest BCUT2D eigenvalue weighted by atomic mass is 10.00. The second kappa shape index (κ2) is 7.53. The van der Waals surface area contributed by atoms with Crippen molar-refractivity contribution in [3.8, 4) is 5.75 Å². The molecule has 5 heteroatoms. The minimum Gasteiger partial charge on any atom is -0.486 e. The van der Waals surface area contributed by atoms with Crippen LogP contribution in [-0.2, 0) is 19.6 Å². The average molecular weight is 378 g/mol. The van der Waals surface area contributed by atoms with Gasteiger partial charge in [-0.05, 0) is 43.5 Å². The molecule has 0 unspecified atom stereocenters. The molecule has 4 rings (SSSR count). The van der Waals surface area contributed by atoms with E-state index in [1.165, 1.54) is 28.0 Å². The van der Waals surface area contributed by atoms with Crippen LogP contribution in [0.4, 0.5) is 0 Å². The van der Waals surface area contributed by atoms with Gasteiger partial charge in [-0.2, -0.15) is 0 Å². The summed E-state index contributed by atoms with van der Waals surface area (Å²) in [7, 11) is 0. The minimum absolute atomic E-state index is 0.0705. The summed E-state index contributed by atoms with van der Waals surface area (Å²) in [6, 6.07) is 16.3. The molecule has 1 aliphatic rings. The first-order valence-electron chi connectivity index (χ1n) is 9.12. The second-order valence-electron chi connectivity index (χ2n) is 6.87. The number of aryl methyl sites for hydroxylation is 2. The summed E-state index contributed by atoms with van der Waals surface area (Å²) in [5, 5.41) is 0.828. The van der Waals surface area contributed by atoms with Crippen LogP contribution in [0.2, 0.25) is 0 Å². The van der Waals surface area contributed by atoms with Crippen LogP contribution in [0, 0.1) is 13.8 Å². The van der Waals surface area contributed by atoms with Crippen molar-refractivity contribution in [2.75, 3.05) is 6.54 Å². The summed E-state index contributed by atoms with van der Waals surface area (Å²) < 4.78 is 5.81. The van der Waals surface area contributed by atoms with Crippen LogP contribution in [0.3, 0.4) is 0 Å². The first-order valence-corrected chi connectivity index (χ1v) is 9.93. The van der Waals surface area contributed by atoms with Crippen LogP contribution in [0.15, 0.2) is 48.5 Å². The number of ether oxygens (including phenoxy) is 1. The Bertz CT molecular complexity index is 963. The monoisotopic (exact) mass is 378 g/mol. The van der Waals surface area contributed by atoms with Crippen molar-refractivity contribution in [3.63, 3.8) is 0 Å². The number of hydrogen-bond acceptors (Lipinski definition) is 4. The fourth-order valence-electron chi connectivity index (χ4n) is 3.30. The highest BCUT2D eigenvalue weighted by atomic mass is 32.1. The molecule has 0 N–H and O–H groups in total. The molecule has 2 aromatic carbocycles. The SMILES string of the molecule is Cc1ccc(OCc2nc(C)c(C(=O)N3CCc4ccccc4C3)s2)cc1. The fraction of sp³-hybridized carbons (Fsp3) is 0.273. The van der Waals surface area contributed by atoms with E-state index in [1.54, 1.807) is 0 Å². The van der Waals surface area contributed by atoms with Gasteiger partial charge in [0.25, 0.3) is 5.91 Å². The summed E-state index contributed by atoms with van der Waals surface area (Å²) in [6.07, 6.45) is 0.906. The smallest absolute Gasteiger partial charge is 0.266 e. The van der Waals surface area contributed by atoms with Crippen molar-refractivity contribution in [1.82, 2.24) is 9.88 Å². The number of amides is 1. The van der Waals surface area contributed by atoms with Gasteiger partial charge in [-0.25, -0.2) is 4.98 Å². The van der Waals surface area contributed by atoms with E-state index in [0.29, 0.717) is 13.2 Å². The van der Waals surface area contributed by atoms with E-state index < -0.39 is 0 Å². The summed E-state index contributed by atoms with van der Waals surface area (Å²) in [6.45, 7) is 5.75. The minimum atomic E-state index is 0.0705. The second-order valence-corrected chi connectivity index (χ2v) is 7.95. The zero-order valence-electron chi connectivity index (χ0n) is 15.6. The molecule has 0 radical (unpaired) electrons. The Hall–Kier alpha value is -2.66. The zero-order chi connectivity index (χ0) is 18.8. The van der Waals surface area contributed by atoms with E-state index in [-0.39, 0.29) is 5.91 Å². The van der Waals surface area contributed by atoms with Crippen LogP contribution >= 0.6 is 11.3 Å². The van der Waals surface area contributed by atoms with Gasteiger partial charge in [-0.15, -0.1) is 11.3 Å². The molecule has 0 bridgehead atoms. The van der Waals surface area contributed by atoms with Crippen molar-refractivity contribution in [3.05, 3.63) is 80.8 Å². The molecule has 0 saturated heterocycles. The van der Waals surface area contributed by atoms with Crippen LogP contribution in [-0.4, -0.2) is 22.3 Å². The molecule has 27 heavy (non-hydrogen) atoms. The Morgan fingerprint density at radius 3 is 2.63 bits per heavy atom. The number of carbonyl (C=O) groups is 1. The number of thiazole rings is 1. The molecule has 0 atom stereocenters. The molecule has 0 fully saturated rings. The summed E-state index contributed by atoms with van der Waals surface area (Å²) in [5.74, 6) is 0.884. The Balaban J connectivity index is 1.45. The molecular weight excluding hydrogens is 356 g/mol. The largest absolute Gasteiger partial charge is 0.486 e. The van der Waals surface area contributed by atoms with Gasteiger partial charge >= 0.3 is 0 Å². The number of aromatic nitrogens is 1. The lowest BCUT2D eigenvalue weighted by molar-refractivity contribution is 0.0738. The standard InChI is InChI=1S/C22H22N2O2S/c1-15-7-9-19(10-8-15)26-14-20-23-16(2)21(27-20)22(25)24-12-11-17-5-3-4-6-18(17)13-24/h3-10H,11-14H2,1-2H3. The number of carbonyl (C=O) groups excluding carboxylic acids is 1. The summed E-state index contributed by atoms with van der Waals surface area (Å²) >= 11 is 1.44. The number of fused-ring (bicyclic) bond motifs is 1. The third-order valence-electron chi connectivity index (χ3n) is 4.84. The number of nitrogens with zero attached hydrogens (tertiary/aromatic N) is 2. The molecule has 1 amide bonds. The molecular formula is C22H22N2O2S. The lowest BCUT2D eigenvalue weighted by Crippen LogP contribution is -2.35. The average Bonchev–Trinajstić information content (AvgIpc) is 3.07. The summed E-state index contributed by atoms with van der Waals surface area (Å²) in [4.78, 5) is 20.2. The highest BCUT2D eigenvalue weighted by Crippen LogP contribution is 2.25. The first kappa shape index (κ1) is 17.7. The molecule has 4 nitrogen and oxygen atoms in total. The highest BCUT2D eigenvalue weighted by molar-refractivity contribution is 7.13. The fourth-order valence-corrected chi connectivity index (χ4v) is 4.25. The van der Waals surface area contributed by atoms with E-state index in [9.17, 15) is 4.79 Å². The molecule has 1 aromatic heterocycles. The predicted molar refractivity (Wildman–Crippen MR) is 107 cm³/mol. The highest BCUT2D eigenvalue weighted by Gasteiger charge is 2.25. The number of rotatable bonds is 4. The maximum atomic E-state index is 13.0. The molecule has 0 aliphatic carbocycles. The molecule has 3 aromatic rings. The Morgan fingerprint density at radius 2 is 1.85 bits per heavy atom. The molecule has 138 valence electrons. The third-order valence-corrected chi connectivity index (χ3v) is 5.96.